The average molecular weight is 212 g/mol. The zero-order valence-corrected chi connectivity index (χ0v) is 9.51. The van der Waals surface area contributed by atoms with E-state index in [4.69, 9.17) is 0 Å². The summed E-state index contributed by atoms with van der Waals surface area (Å²) in [7, 11) is 0. The van der Waals surface area contributed by atoms with Gasteiger partial charge in [-0.3, -0.25) is 9.48 Å². The molecule has 0 aliphatic heterocycles. The predicted molar refractivity (Wildman–Crippen MR) is 59.8 cm³/mol. The Bertz CT molecular complexity index is 296. The van der Waals surface area contributed by atoms with Crippen molar-refractivity contribution < 1.29 is 4.79 Å². The van der Waals surface area contributed by atoms with Crippen LogP contribution in [0.1, 0.15) is 30.1 Å². The minimum Gasteiger partial charge on any atom is -0.294 e. The van der Waals surface area contributed by atoms with E-state index in [1.54, 1.807) is 18.0 Å². The third kappa shape index (κ3) is 3.18. The van der Waals surface area contributed by atoms with Crippen molar-refractivity contribution in [3.8, 4) is 0 Å². The fraction of sp³-hybridized carbons (Fsp3) is 0.600. The third-order valence-corrected chi connectivity index (χ3v) is 2.55. The zero-order valence-electron chi connectivity index (χ0n) is 8.69. The van der Waals surface area contributed by atoms with Crippen LogP contribution in [0.3, 0.4) is 0 Å². The van der Waals surface area contributed by atoms with Crippen molar-refractivity contribution in [3.05, 3.63) is 18.0 Å². The molecule has 0 bridgehead atoms. The molecule has 0 amide bonds. The summed E-state index contributed by atoms with van der Waals surface area (Å²) in [5, 5.41) is 4.12. The molecule has 0 radical (unpaired) electrons. The van der Waals surface area contributed by atoms with Gasteiger partial charge in [-0.2, -0.15) is 16.9 Å². The maximum Gasteiger partial charge on any atom is 0.166 e. The van der Waals surface area contributed by atoms with Crippen molar-refractivity contribution in [3.63, 3.8) is 0 Å². The van der Waals surface area contributed by atoms with Crippen molar-refractivity contribution in [2.24, 2.45) is 0 Å². The molecular formula is C10H16N2OS. The van der Waals surface area contributed by atoms with Gasteiger partial charge in [0, 0.05) is 24.9 Å². The second kappa shape index (κ2) is 5.86. The summed E-state index contributed by atoms with van der Waals surface area (Å²) in [4.78, 5) is 11.6. The Kier molecular flexibility index (Phi) is 4.73. The Morgan fingerprint density at radius 3 is 3.07 bits per heavy atom. The first kappa shape index (κ1) is 11.3. The lowest BCUT2D eigenvalue weighted by molar-refractivity contribution is 0.0989. The number of carbonyl (C=O) groups is 1. The van der Waals surface area contributed by atoms with Gasteiger partial charge in [0.05, 0.1) is 11.8 Å². The van der Waals surface area contributed by atoms with Crippen LogP contribution in [0.15, 0.2) is 12.4 Å². The summed E-state index contributed by atoms with van der Waals surface area (Å²) in [6.07, 6.45) is 7.16. The molecule has 4 heteroatoms. The van der Waals surface area contributed by atoms with E-state index in [1.807, 2.05) is 17.1 Å². The van der Waals surface area contributed by atoms with Crippen LogP contribution in [0.4, 0.5) is 0 Å². The van der Waals surface area contributed by atoms with Crippen molar-refractivity contribution in [1.29, 1.82) is 0 Å². The predicted octanol–water partition coefficient (Wildman–Crippen LogP) is 2.23. The van der Waals surface area contributed by atoms with Crippen molar-refractivity contribution >= 4 is 17.5 Å². The molecule has 0 aliphatic rings. The second-order valence-corrected chi connectivity index (χ2v) is 4.14. The second-order valence-electron chi connectivity index (χ2n) is 3.16. The Labute approximate surface area is 88.9 Å². The van der Waals surface area contributed by atoms with Gasteiger partial charge in [0.25, 0.3) is 0 Å². The lowest BCUT2D eigenvalue weighted by Gasteiger charge is -1.96. The highest BCUT2D eigenvalue weighted by molar-refractivity contribution is 7.98. The zero-order chi connectivity index (χ0) is 10.4. The Balaban J connectivity index is 2.53. The number of aryl methyl sites for hydroxylation is 1. The van der Waals surface area contributed by atoms with Crippen molar-refractivity contribution in [2.75, 3.05) is 12.0 Å². The van der Waals surface area contributed by atoms with E-state index in [0.717, 1.165) is 24.3 Å². The maximum absolute atomic E-state index is 11.6. The fourth-order valence-electron chi connectivity index (χ4n) is 1.20. The van der Waals surface area contributed by atoms with E-state index in [-0.39, 0.29) is 5.78 Å². The van der Waals surface area contributed by atoms with Crippen LogP contribution in [0.5, 0.6) is 0 Å². The van der Waals surface area contributed by atoms with E-state index in [0.29, 0.717) is 6.42 Å². The highest BCUT2D eigenvalue weighted by atomic mass is 32.2. The van der Waals surface area contributed by atoms with Gasteiger partial charge in [0.15, 0.2) is 5.78 Å². The lowest BCUT2D eigenvalue weighted by Crippen LogP contribution is -1.99. The Hall–Kier alpha value is -0.770. The molecule has 0 aromatic carbocycles. The summed E-state index contributed by atoms with van der Waals surface area (Å²) in [5.41, 5.74) is 0.743. The average Bonchev–Trinajstić information content (AvgIpc) is 2.63. The largest absolute Gasteiger partial charge is 0.294 e. The molecule has 0 unspecified atom stereocenters. The summed E-state index contributed by atoms with van der Waals surface area (Å²) in [5.74, 6) is 1.08. The first-order valence-corrected chi connectivity index (χ1v) is 6.22. The van der Waals surface area contributed by atoms with E-state index in [9.17, 15) is 4.79 Å². The number of hydrogen-bond donors (Lipinski definition) is 0. The number of carbonyl (C=O) groups excluding carboxylic acids is 1. The normalized spacial score (nSPS) is 10.4. The van der Waals surface area contributed by atoms with Gasteiger partial charge in [-0.25, -0.2) is 0 Å². The number of Topliss-reactive ketones (excluding diaryl/α,β-unsaturated/α-hetero) is 1. The maximum atomic E-state index is 11.6. The van der Waals surface area contributed by atoms with Gasteiger partial charge in [-0.1, -0.05) is 6.92 Å². The minimum absolute atomic E-state index is 0.196. The van der Waals surface area contributed by atoms with Crippen LogP contribution in [0.2, 0.25) is 0 Å². The molecule has 1 heterocycles. The molecule has 14 heavy (non-hydrogen) atoms. The molecule has 1 aromatic heterocycles. The van der Waals surface area contributed by atoms with Crippen LogP contribution in [-0.4, -0.2) is 27.6 Å². The minimum atomic E-state index is 0.196. The summed E-state index contributed by atoms with van der Waals surface area (Å²) >= 11 is 1.69. The number of nitrogens with zero attached hydrogens (tertiary/aromatic N) is 2. The Morgan fingerprint density at radius 2 is 2.43 bits per heavy atom. The van der Waals surface area contributed by atoms with E-state index >= 15 is 0 Å². The molecule has 0 atom stereocenters. The summed E-state index contributed by atoms with van der Waals surface area (Å²) in [6.45, 7) is 2.98. The molecule has 0 saturated heterocycles. The van der Waals surface area contributed by atoms with Crippen LogP contribution in [0.25, 0.3) is 0 Å². The van der Waals surface area contributed by atoms with Gasteiger partial charge in [-0.05, 0) is 12.7 Å². The van der Waals surface area contributed by atoms with Crippen molar-refractivity contribution in [2.45, 2.75) is 26.3 Å². The summed E-state index contributed by atoms with van der Waals surface area (Å²) in [6, 6.07) is 0. The smallest absolute Gasteiger partial charge is 0.166 e. The number of ketones is 1. The molecule has 1 rings (SSSR count). The molecule has 78 valence electrons. The molecule has 1 aromatic rings. The number of hydrogen-bond acceptors (Lipinski definition) is 3. The van der Waals surface area contributed by atoms with Gasteiger partial charge in [0.1, 0.15) is 0 Å². The van der Waals surface area contributed by atoms with Gasteiger partial charge >= 0.3 is 0 Å². The molecule has 0 fully saturated rings. The lowest BCUT2D eigenvalue weighted by atomic mass is 10.2. The SMILES string of the molecule is CCCn1cc(C(=O)CCSC)cn1. The van der Waals surface area contributed by atoms with Crippen LogP contribution >= 0.6 is 11.8 Å². The Morgan fingerprint density at radius 1 is 1.64 bits per heavy atom. The monoisotopic (exact) mass is 212 g/mol. The highest BCUT2D eigenvalue weighted by Crippen LogP contribution is 2.05. The van der Waals surface area contributed by atoms with Gasteiger partial charge in [0.2, 0.25) is 0 Å². The molecule has 0 saturated carbocycles. The number of thioether (sulfide) groups is 1. The van der Waals surface area contributed by atoms with Gasteiger partial charge in [-0.15, -0.1) is 0 Å². The first-order valence-electron chi connectivity index (χ1n) is 4.82. The van der Waals surface area contributed by atoms with E-state index in [2.05, 4.69) is 12.0 Å². The topological polar surface area (TPSA) is 34.9 Å². The highest BCUT2D eigenvalue weighted by Gasteiger charge is 2.07. The molecule has 0 aliphatic carbocycles. The standard InChI is InChI=1S/C10H16N2OS/c1-3-5-12-8-9(7-11-12)10(13)4-6-14-2/h7-8H,3-6H2,1-2H3. The first-order chi connectivity index (χ1) is 6.77. The van der Waals surface area contributed by atoms with E-state index in [1.165, 1.54) is 0 Å². The molecular weight excluding hydrogens is 196 g/mol. The third-order valence-electron chi connectivity index (χ3n) is 1.94. The summed E-state index contributed by atoms with van der Waals surface area (Å²) < 4.78 is 1.83. The van der Waals surface area contributed by atoms with Crippen LogP contribution in [0, 0.1) is 0 Å². The van der Waals surface area contributed by atoms with E-state index < -0.39 is 0 Å². The molecule has 0 spiro atoms. The molecule has 3 nitrogen and oxygen atoms in total. The van der Waals surface area contributed by atoms with Crippen molar-refractivity contribution in [1.82, 2.24) is 9.78 Å². The van der Waals surface area contributed by atoms with Gasteiger partial charge < -0.3 is 0 Å². The quantitative estimate of drug-likeness (QED) is 0.678. The van der Waals surface area contributed by atoms with Crippen LogP contribution in [-0.2, 0) is 6.54 Å². The number of rotatable bonds is 6. The number of aromatic nitrogens is 2. The van der Waals surface area contributed by atoms with Crippen LogP contribution < -0.4 is 0 Å². The molecule has 0 N–H and O–H groups in total. The fourth-order valence-corrected chi connectivity index (χ4v) is 1.59.